The number of carbonyl (C=O) groups is 2. The quantitative estimate of drug-likeness (QED) is 0.468. The molecule has 0 aliphatic carbocycles. The van der Waals surface area contributed by atoms with Crippen LogP contribution in [0.2, 0.25) is 0 Å². The second-order valence-corrected chi connectivity index (χ2v) is 7.54. The summed E-state index contributed by atoms with van der Waals surface area (Å²) in [6.45, 7) is -1.22. The summed E-state index contributed by atoms with van der Waals surface area (Å²) in [5.41, 5.74) is 2.30. The molecule has 0 unspecified atom stereocenters. The highest BCUT2D eigenvalue weighted by atomic mass is 32.1. The lowest BCUT2D eigenvalue weighted by atomic mass is 10.2. The van der Waals surface area contributed by atoms with Crippen molar-refractivity contribution in [3.63, 3.8) is 0 Å². The van der Waals surface area contributed by atoms with Gasteiger partial charge in [-0.05, 0) is 36.8 Å². The van der Waals surface area contributed by atoms with Crippen molar-refractivity contribution in [3.8, 4) is 11.5 Å². The molecule has 7 nitrogen and oxygen atoms in total. The number of hydrogen-bond acceptors (Lipinski definition) is 7. The van der Waals surface area contributed by atoms with Crippen molar-refractivity contribution in [2.75, 3.05) is 12.4 Å². The Morgan fingerprint density at radius 3 is 2.66 bits per heavy atom. The van der Waals surface area contributed by atoms with Crippen LogP contribution in [0.15, 0.2) is 47.8 Å². The second kappa shape index (κ2) is 10.7. The number of alkyl halides is 2. The van der Waals surface area contributed by atoms with E-state index in [1.54, 1.807) is 5.38 Å². The Morgan fingerprint density at radius 2 is 1.94 bits per heavy atom. The van der Waals surface area contributed by atoms with Crippen LogP contribution in [0.5, 0.6) is 11.5 Å². The molecule has 1 amide bonds. The number of amides is 1. The zero-order valence-corrected chi connectivity index (χ0v) is 18.1. The SMILES string of the molecule is COc1cc(C(=O)OCc2csc(CC(=O)Nc3ccccc3C)n2)ccc1OC(F)F. The lowest BCUT2D eigenvalue weighted by molar-refractivity contribution is -0.115. The van der Waals surface area contributed by atoms with Crippen molar-refractivity contribution >= 4 is 28.9 Å². The maximum atomic E-state index is 12.4. The Hall–Kier alpha value is -3.53. The van der Waals surface area contributed by atoms with Gasteiger partial charge in [0.25, 0.3) is 0 Å². The minimum atomic E-state index is -3.01. The fraction of sp³-hybridized carbons (Fsp3) is 0.227. The van der Waals surface area contributed by atoms with Crippen LogP contribution in [0.25, 0.3) is 0 Å². The highest BCUT2D eigenvalue weighted by Gasteiger charge is 2.16. The highest BCUT2D eigenvalue weighted by Crippen LogP contribution is 2.29. The van der Waals surface area contributed by atoms with Crippen molar-refractivity contribution < 1.29 is 32.6 Å². The molecule has 0 saturated heterocycles. The van der Waals surface area contributed by atoms with Crippen molar-refractivity contribution in [1.82, 2.24) is 4.98 Å². The van der Waals surface area contributed by atoms with Gasteiger partial charge < -0.3 is 19.5 Å². The van der Waals surface area contributed by atoms with Gasteiger partial charge in [-0.25, -0.2) is 9.78 Å². The number of aromatic nitrogens is 1. The Balaban J connectivity index is 1.55. The predicted octanol–water partition coefficient (Wildman–Crippen LogP) is 4.60. The molecule has 32 heavy (non-hydrogen) atoms. The molecule has 2 aromatic carbocycles. The average Bonchev–Trinajstić information content (AvgIpc) is 3.20. The van der Waals surface area contributed by atoms with Gasteiger partial charge in [-0.1, -0.05) is 18.2 Å². The summed E-state index contributed by atoms with van der Waals surface area (Å²) in [5, 5.41) is 5.12. The molecule has 0 aliphatic heterocycles. The van der Waals surface area contributed by atoms with Gasteiger partial charge >= 0.3 is 12.6 Å². The molecule has 0 spiro atoms. The largest absolute Gasteiger partial charge is 0.493 e. The molecule has 1 heterocycles. The molecule has 0 saturated carbocycles. The molecular weight excluding hydrogens is 442 g/mol. The maximum absolute atomic E-state index is 12.4. The molecule has 0 fully saturated rings. The van der Waals surface area contributed by atoms with Crippen molar-refractivity contribution in [2.45, 2.75) is 26.6 Å². The van der Waals surface area contributed by atoms with Crippen molar-refractivity contribution in [2.24, 2.45) is 0 Å². The number of thiazole rings is 1. The molecule has 0 atom stereocenters. The van der Waals surface area contributed by atoms with E-state index in [1.807, 2.05) is 31.2 Å². The zero-order valence-electron chi connectivity index (χ0n) is 17.3. The number of rotatable bonds is 9. The number of hydrogen-bond donors (Lipinski definition) is 1. The summed E-state index contributed by atoms with van der Waals surface area (Å²) in [4.78, 5) is 28.8. The first-order valence-corrected chi connectivity index (χ1v) is 10.3. The number of aryl methyl sites for hydroxylation is 1. The van der Waals surface area contributed by atoms with E-state index < -0.39 is 12.6 Å². The van der Waals surface area contributed by atoms with Crippen LogP contribution in [-0.4, -0.2) is 30.6 Å². The molecule has 0 aliphatic rings. The number of para-hydroxylation sites is 1. The lowest BCUT2D eigenvalue weighted by Crippen LogP contribution is -2.15. The monoisotopic (exact) mass is 462 g/mol. The normalized spacial score (nSPS) is 10.7. The number of nitrogens with zero attached hydrogens (tertiary/aromatic N) is 1. The summed E-state index contributed by atoms with van der Waals surface area (Å²) in [7, 11) is 1.27. The Kier molecular flexibility index (Phi) is 7.72. The first kappa shape index (κ1) is 23.1. The Labute approximate surface area is 187 Å². The van der Waals surface area contributed by atoms with Gasteiger partial charge in [0.15, 0.2) is 11.5 Å². The van der Waals surface area contributed by atoms with Gasteiger partial charge in [-0.3, -0.25) is 4.79 Å². The fourth-order valence-corrected chi connectivity index (χ4v) is 3.53. The first-order chi connectivity index (χ1) is 15.4. The van der Waals surface area contributed by atoms with Gasteiger partial charge in [0.1, 0.15) is 11.6 Å². The summed E-state index contributed by atoms with van der Waals surface area (Å²) in [6.07, 6.45) is 0.0930. The van der Waals surface area contributed by atoms with Gasteiger partial charge in [0.2, 0.25) is 5.91 Å². The van der Waals surface area contributed by atoms with E-state index in [-0.39, 0.29) is 36.0 Å². The second-order valence-electron chi connectivity index (χ2n) is 6.59. The van der Waals surface area contributed by atoms with Crippen LogP contribution in [-0.2, 0) is 22.6 Å². The van der Waals surface area contributed by atoms with Crippen LogP contribution in [0.4, 0.5) is 14.5 Å². The number of carbonyl (C=O) groups excluding carboxylic acids is 2. The molecule has 1 aromatic heterocycles. The van der Waals surface area contributed by atoms with Crippen molar-refractivity contribution in [1.29, 1.82) is 0 Å². The zero-order chi connectivity index (χ0) is 23.1. The van der Waals surface area contributed by atoms with E-state index in [2.05, 4.69) is 15.0 Å². The van der Waals surface area contributed by atoms with Gasteiger partial charge in [0.05, 0.1) is 24.8 Å². The van der Waals surface area contributed by atoms with Crippen molar-refractivity contribution in [3.05, 3.63) is 69.7 Å². The number of methoxy groups -OCH3 is 1. The number of halogens is 2. The molecule has 1 N–H and O–H groups in total. The summed E-state index contributed by atoms with van der Waals surface area (Å²) in [5.74, 6) is -1.09. The highest BCUT2D eigenvalue weighted by molar-refractivity contribution is 7.09. The molecular formula is C22H20F2N2O5S. The molecule has 10 heteroatoms. The minimum Gasteiger partial charge on any atom is -0.493 e. The lowest BCUT2D eigenvalue weighted by Gasteiger charge is -2.11. The first-order valence-electron chi connectivity index (χ1n) is 9.44. The Morgan fingerprint density at radius 1 is 1.16 bits per heavy atom. The van der Waals surface area contributed by atoms with E-state index in [9.17, 15) is 18.4 Å². The molecule has 3 aromatic rings. The van der Waals surface area contributed by atoms with E-state index in [1.165, 1.54) is 36.6 Å². The number of anilines is 1. The maximum Gasteiger partial charge on any atom is 0.387 e. The third-order valence-electron chi connectivity index (χ3n) is 4.30. The smallest absolute Gasteiger partial charge is 0.387 e. The van der Waals surface area contributed by atoms with Gasteiger partial charge in [0, 0.05) is 11.1 Å². The minimum absolute atomic E-state index is 0.0182. The van der Waals surface area contributed by atoms with Crippen LogP contribution in [0, 0.1) is 6.92 Å². The number of esters is 1. The molecule has 0 radical (unpaired) electrons. The Bertz CT molecular complexity index is 1100. The van der Waals surface area contributed by atoms with Gasteiger partial charge in [-0.15, -0.1) is 11.3 Å². The average molecular weight is 462 g/mol. The summed E-state index contributed by atoms with van der Waals surface area (Å²) >= 11 is 1.28. The van der Waals surface area contributed by atoms with Crippen LogP contribution < -0.4 is 14.8 Å². The molecule has 168 valence electrons. The molecule has 3 rings (SSSR count). The topological polar surface area (TPSA) is 86.8 Å². The number of benzene rings is 2. The third-order valence-corrected chi connectivity index (χ3v) is 5.19. The van der Waals surface area contributed by atoms with E-state index in [0.717, 1.165) is 11.3 Å². The van der Waals surface area contributed by atoms with Crippen LogP contribution in [0.3, 0.4) is 0 Å². The van der Waals surface area contributed by atoms with Gasteiger partial charge in [-0.2, -0.15) is 8.78 Å². The number of nitrogens with one attached hydrogen (secondary N) is 1. The van der Waals surface area contributed by atoms with E-state index >= 15 is 0 Å². The third kappa shape index (κ3) is 6.24. The van der Waals surface area contributed by atoms with Crippen LogP contribution >= 0.6 is 11.3 Å². The van der Waals surface area contributed by atoms with Crippen LogP contribution in [0.1, 0.15) is 26.6 Å². The predicted molar refractivity (Wildman–Crippen MR) is 114 cm³/mol. The number of ether oxygens (including phenoxy) is 3. The summed E-state index contributed by atoms with van der Waals surface area (Å²) in [6, 6.07) is 11.2. The van der Waals surface area contributed by atoms with E-state index in [0.29, 0.717) is 10.7 Å². The fourth-order valence-electron chi connectivity index (χ4n) is 2.75. The van der Waals surface area contributed by atoms with E-state index in [4.69, 9.17) is 9.47 Å². The molecule has 0 bridgehead atoms. The standard InChI is InChI=1S/C22H20F2N2O5S/c1-13-5-3-4-6-16(13)26-19(27)10-20-25-15(12-32-20)11-30-21(28)14-7-8-17(31-22(23)24)18(9-14)29-2/h3-9,12,22H,10-11H2,1-2H3,(H,26,27). The summed E-state index contributed by atoms with van der Waals surface area (Å²) < 4.78 is 39.4.